The summed E-state index contributed by atoms with van der Waals surface area (Å²) in [4.78, 5) is 23.9. The summed E-state index contributed by atoms with van der Waals surface area (Å²) in [6.45, 7) is 0.942. The van der Waals surface area contributed by atoms with Crippen molar-refractivity contribution in [3.63, 3.8) is 0 Å². The number of nitro benzene ring substituents is 1. The highest BCUT2D eigenvalue weighted by Crippen LogP contribution is 2.34. The number of amides is 1. The first kappa shape index (κ1) is 13.3. The van der Waals surface area contributed by atoms with Crippen molar-refractivity contribution < 1.29 is 9.72 Å². The molecule has 1 aromatic carbocycles. The van der Waals surface area contributed by atoms with E-state index in [1.54, 1.807) is 18.0 Å². The van der Waals surface area contributed by atoms with Gasteiger partial charge in [-0.2, -0.15) is 0 Å². The standard InChI is InChI=1S/C12H16N4O3/c1-14-10-3-2-9(16(18)19)5-11(10)15-7-8(6-13)4-12(15)17/h2-3,5,8,14H,4,6-7,13H2,1H3. The lowest BCUT2D eigenvalue weighted by Crippen LogP contribution is -2.26. The second kappa shape index (κ2) is 5.23. The van der Waals surface area contributed by atoms with Crippen molar-refractivity contribution in [2.75, 3.05) is 30.4 Å². The highest BCUT2D eigenvalue weighted by atomic mass is 16.6. The molecule has 3 N–H and O–H groups in total. The average Bonchev–Trinajstić information content (AvgIpc) is 2.79. The second-order valence-electron chi connectivity index (χ2n) is 4.52. The Labute approximate surface area is 110 Å². The summed E-state index contributed by atoms with van der Waals surface area (Å²) in [7, 11) is 1.71. The Morgan fingerprint density at radius 2 is 2.32 bits per heavy atom. The Morgan fingerprint density at radius 3 is 2.84 bits per heavy atom. The molecule has 102 valence electrons. The van der Waals surface area contributed by atoms with Crippen LogP contribution in [0.4, 0.5) is 17.1 Å². The Morgan fingerprint density at radius 1 is 1.58 bits per heavy atom. The number of nitrogens with two attached hydrogens (primary N) is 1. The zero-order valence-corrected chi connectivity index (χ0v) is 10.6. The van der Waals surface area contributed by atoms with Gasteiger partial charge < -0.3 is 16.0 Å². The highest BCUT2D eigenvalue weighted by Gasteiger charge is 2.31. The minimum Gasteiger partial charge on any atom is -0.386 e. The maximum Gasteiger partial charge on any atom is 0.271 e. The van der Waals surface area contributed by atoms with Gasteiger partial charge in [-0.1, -0.05) is 0 Å². The number of benzene rings is 1. The van der Waals surface area contributed by atoms with Gasteiger partial charge >= 0.3 is 0 Å². The molecule has 1 aliphatic heterocycles. The van der Waals surface area contributed by atoms with Gasteiger partial charge in [-0.3, -0.25) is 14.9 Å². The van der Waals surface area contributed by atoms with Crippen LogP contribution in [0.15, 0.2) is 18.2 Å². The Bertz CT molecular complexity index is 518. The van der Waals surface area contributed by atoms with Crippen LogP contribution in [-0.2, 0) is 4.79 Å². The van der Waals surface area contributed by atoms with Gasteiger partial charge in [0.05, 0.1) is 16.3 Å². The lowest BCUT2D eigenvalue weighted by molar-refractivity contribution is -0.384. The third kappa shape index (κ3) is 2.50. The van der Waals surface area contributed by atoms with Crippen molar-refractivity contribution in [2.45, 2.75) is 6.42 Å². The molecule has 0 saturated carbocycles. The fourth-order valence-corrected chi connectivity index (χ4v) is 2.24. The molecule has 19 heavy (non-hydrogen) atoms. The Hall–Kier alpha value is -2.15. The molecular formula is C12H16N4O3. The van der Waals surface area contributed by atoms with Crippen LogP contribution in [0, 0.1) is 16.0 Å². The van der Waals surface area contributed by atoms with Crippen LogP contribution in [0.3, 0.4) is 0 Å². The first-order chi connectivity index (χ1) is 9.06. The van der Waals surface area contributed by atoms with Gasteiger partial charge in [0.1, 0.15) is 0 Å². The van der Waals surface area contributed by atoms with Crippen molar-refractivity contribution in [3.8, 4) is 0 Å². The minimum absolute atomic E-state index is 0.0296. The second-order valence-corrected chi connectivity index (χ2v) is 4.52. The SMILES string of the molecule is CNc1ccc([N+](=O)[O-])cc1N1CC(CN)CC1=O. The van der Waals surface area contributed by atoms with Gasteiger partial charge in [0.2, 0.25) is 5.91 Å². The molecule has 1 aliphatic rings. The number of carbonyl (C=O) groups is 1. The molecule has 1 aromatic rings. The summed E-state index contributed by atoms with van der Waals surface area (Å²) < 4.78 is 0. The summed E-state index contributed by atoms with van der Waals surface area (Å²) in [6, 6.07) is 4.44. The quantitative estimate of drug-likeness (QED) is 0.622. The molecule has 1 amide bonds. The summed E-state index contributed by atoms with van der Waals surface area (Å²) >= 11 is 0. The molecule has 1 unspecified atom stereocenters. The molecule has 0 spiro atoms. The third-order valence-corrected chi connectivity index (χ3v) is 3.29. The van der Waals surface area contributed by atoms with Crippen LogP contribution in [0.5, 0.6) is 0 Å². The van der Waals surface area contributed by atoms with E-state index in [2.05, 4.69) is 5.32 Å². The first-order valence-electron chi connectivity index (χ1n) is 6.03. The number of hydrogen-bond donors (Lipinski definition) is 2. The van der Waals surface area contributed by atoms with E-state index in [1.807, 2.05) is 0 Å². The van der Waals surface area contributed by atoms with Crippen LogP contribution >= 0.6 is 0 Å². The molecule has 7 nitrogen and oxygen atoms in total. The lowest BCUT2D eigenvalue weighted by Gasteiger charge is -2.19. The monoisotopic (exact) mass is 264 g/mol. The number of nitrogens with zero attached hydrogens (tertiary/aromatic N) is 2. The van der Waals surface area contributed by atoms with E-state index in [1.165, 1.54) is 12.1 Å². The predicted octanol–water partition coefficient (Wildman–Crippen LogP) is 0.948. The van der Waals surface area contributed by atoms with E-state index in [9.17, 15) is 14.9 Å². The van der Waals surface area contributed by atoms with Crippen LogP contribution in [-0.4, -0.2) is 31.0 Å². The number of carbonyl (C=O) groups excluding carboxylic acids is 1. The third-order valence-electron chi connectivity index (χ3n) is 3.29. The van der Waals surface area contributed by atoms with Gasteiger partial charge in [0.15, 0.2) is 0 Å². The van der Waals surface area contributed by atoms with E-state index in [0.717, 1.165) is 0 Å². The number of non-ortho nitro benzene ring substituents is 1. The molecular weight excluding hydrogens is 248 g/mol. The van der Waals surface area contributed by atoms with E-state index in [-0.39, 0.29) is 17.5 Å². The fraction of sp³-hybridized carbons (Fsp3) is 0.417. The Kier molecular flexibility index (Phi) is 3.66. The zero-order chi connectivity index (χ0) is 14.0. The fourth-order valence-electron chi connectivity index (χ4n) is 2.24. The number of anilines is 2. The van der Waals surface area contributed by atoms with Gasteiger partial charge in [-0.05, 0) is 18.5 Å². The van der Waals surface area contributed by atoms with Crippen molar-refractivity contribution >= 4 is 23.0 Å². The van der Waals surface area contributed by atoms with E-state index >= 15 is 0 Å². The molecule has 0 radical (unpaired) electrons. The maximum absolute atomic E-state index is 12.0. The summed E-state index contributed by atoms with van der Waals surface area (Å²) in [5.41, 5.74) is 6.78. The van der Waals surface area contributed by atoms with Gasteiger partial charge in [0, 0.05) is 32.1 Å². The normalized spacial score (nSPS) is 18.7. The summed E-state index contributed by atoms with van der Waals surface area (Å²) in [5, 5.41) is 13.8. The molecule has 2 rings (SSSR count). The summed E-state index contributed by atoms with van der Waals surface area (Å²) in [6.07, 6.45) is 0.391. The van der Waals surface area contributed by atoms with Gasteiger partial charge in [0.25, 0.3) is 5.69 Å². The minimum atomic E-state index is -0.468. The molecule has 0 aliphatic carbocycles. The highest BCUT2D eigenvalue weighted by molar-refractivity contribution is 5.99. The smallest absolute Gasteiger partial charge is 0.271 e. The van der Waals surface area contributed by atoms with Crippen LogP contribution in [0.25, 0.3) is 0 Å². The van der Waals surface area contributed by atoms with Gasteiger partial charge in [-0.15, -0.1) is 0 Å². The van der Waals surface area contributed by atoms with Crippen molar-refractivity contribution in [1.82, 2.24) is 0 Å². The molecule has 1 fully saturated rings. The van der Waals surface area contributed by atoms with E-state index in [4.69, 9.17) is 5.73 Å². The Balaban J connectivity index is 2.39. The number of nitrogens with one attached hydrogen (secondary N) is 1. The van der Waals surface area contributed by atoms with Crippen LogP contribution < -0.4 is 16.0 Å². The number of rotatable bonds is 4. The number of nitro groups is 1. The van der Waals surface area contributed by atoms with Crippen molar-refractivity contribution in [1.29, 1.82) is 0 Å². The zero-order valence-electron chi connectivity index (χ0n) is 10.6. The van der Waals surface area contributed by atoms with Crippen molar-refractivity contribution in [2.24, 2.45) is 11.7 Å². The molecule has 7 heteroatoms. The number of hydrogen-bond acceptors (Lipinski definition) is 5. The van der Waals surface area contributed by atoms with Gasteiger partial charge in [-0.25, -0.2) is 0 Å². The van der Waals surface area contributed by atoms with Crippen LogP contribution in [0.2, 0.25) is 0 Å². The topological polar surface area (TPSA) is 102 Å². The molecule has 0 bridgehead atoms. The molecule has 0 aromatic heterocycles. The summed E-state index contributed by atoms with van der Waals surface area (Å²) in [5.74, 6) is 0.0592. The largest absolute Gasteiger partial charge is 0.386 e. The van der Waals surface area contributed by atoms with E-state index < -0.39 is 4.92 Å². The first-order valence-corrected chi connectivity index (χ1v) is 6.03. The molecule has 1 saturated heterocycles. The van der Waals surface area contributed by atoms with Crippen molar-refractivity contribution in [3.05, 3.63) is 28.3 Å². The average molecular weight is 264 g/mol. The molecule has 1 atom stereocenters. The maximum atomic E-state index is 12.0. The lowest BCUT2D eigenvalue weighted by atomic mass is 10.1. The molecule has 1 heterocycles. The van der Waals surface area contributed by atoms with Crippen LogP contribution in [0.1, 0.15) is 6.42 Å². The predicted molar refractivity (Wildman–Crippen MR) is 72.2 cm³/mol. The van der Waals surface area contributed by atoms with E-state index in [0.29, 0.717) is 30.9 Å².